The van der Waals surface area contributed by atoms with E-state index in [1.54, 1.807) is 7.11 Å². The van der Waals surface area contributed by atoms with Crippen molar-refractivity contribution >= 4 is 17.7 Å². The highest BCUT2D eigenvalue weighted by atomic mass is 32.2. The van der Waals surface area contributed by atoms with Gasteiger partial charge in [-0.1, -0.05) is 68.1 Å². The number of carbonyl (C=O) groups is 1. The molecule has 1 atom stereocenters. The van der Waals surface area contributed by atoms with Crippen LogP contribution < -0.4 is 10.1 Å². The fraction of sp³-hybridized carbons (Fsp3) is 0.286. The van der Waals surface area contributed by atoms with Crippen molar-refractivity contribution in [2.75, 3.05) is 12.9 Å². The van der Waals surface area contributed by atoms with Gasteiger partial charge in [-0.3, -0.25) is 4.79 Å². The largest absolute Gasteiger partial charge is 0.496 e. The van der Waals surface area contributed by atoms with Crippen LogP contribution in [0.15, 0.2) is 64.2 Å². The zero-order valence-electron chi connectivity index (χ0n) is 16.1. The number of thioether (sulfide) groups is 1. The Hall–Kier alpha value is -2.80. The number of aromatic nitrogens is 2. The average Bonchev–Trinajstić information content (AvgIpc) is 3.19. The van der Waals surface area contributed by atoms with E-state index in [2.05, 4.69) is 29.4 Å². The number of hydrogen-bond donors (Lipinski definition) is 1. The molecule has 1 amide bonds. The lowest BCUT2D eigenvalue weighted by molar-refractivity contribution is -0.119. The van der Waals surface area contributed by atoms with Crippen molar-refractivity contribution in [3.05, 3.63) is 60.2 Å². The summed E-state index contributed by atoms with van der Waals surface area (Å²) in [5.41, 5.74) is 1.81. The predicted molar refractivity (Wildman–Crippen MR) is 109 cm³/mol. The molecule has 7 heteroatoms. The first kappa shape index (κ1) is 19.9. The Kier molecular flexibility index (Phi) is 6.71. The number of carbonyl (C=O) groups excluding carboxylic acids is 1. The van der Waals surface area contributed by atoms with Crippen molar-refractivity contribution < 1.29 is 13.9 Å². The highest BCUT2D eigenvalue weighted by Gasteiger charge is 2.19. The Morgan fingerprint density at radius 1 is 1.11 bits per heavy atom. The maximum Gasteiger partial charge on any atom is 0.277 e. The third-order valence-electron chi connectivity index (χ3n) is 4.21. The number of amides is 1. The Bertz CT molecular complexity index is 912. The van der Waals surface area contributed by atoms with Crippen LogP contribution in [0.3, 0.4) is 0 Å². The van der Waals surface area contributed by atoms with Crippen LogP contribution in [-0.2, 0) is 4.79 Å². The van der Waals surface area contributed by atoms with E-state index < -0.39 is 0 Å². The number of nitrogens with zero attached hydrogens (tertiary/aromatic N) is 2. The van der Waals surface area contributed by atoms with Crippen molar-refractivity contribution in [2.24, 2.45) is 5.92 Å². The van der Waals surface area contributed by atoms with Gasteiger partial charge in [0, 0.05) is 0 Å². The molecule has 0 aliphatic heterocycles. The van der Waals surface area contributed by atoms with E-state index in [1.165, 1.54) is 11.8 Å². The zero-order valence-corrected chi connectivity index (χ0v) is 16.9. The Labute approximate surface area is 168 Å². The number of benzene rings is 2. The van der Waals surface area contributed by atoms with E-state index in [9.17, 15) is 4.79 Å². The fourth-order valence-corrected chi connectivity index (χ4v) is 3.41. The molecule has 1 heterocycles. The standard InChI is InChI=1S/C21H23N3O3S/c1-14(2)19(15-9-5-4-6-10-15)22-18(25)13-28-21-24-23-20(27-21)16-11-7-8-12-17(16)26-3/h4-12,14,19H,13H2,1-3H3,(H,22,25). The molecule has 1 unspecified atom stereocenters. The number of nitrogens with one attached hydrogen (secondary N) is 1. The SMILES string of the molecule is COc1ccccc1-c1nnc(SCC(=O)NC(c2ccccc2)C(C)C)o1. The summed E-state index contributed by atoms with van der Waals surface area (Å²) in [6.07, 6.45) is 0. The number of methoxy groups -OCH3 is 1. The van der Waals surface area contributed by atoms with E-state index in [0.717, 1.165) is 11.1 Å². The Morgan fingerprint density at radius 3 is 2.54 bits per heavy atom. The van der Waals surface area contributed by atoms with Crippen LogP contribution in [0, 0.1) is 5.92 Å². The summed E-state index contributed by atoms with van der Waals surface area (Å²) in [6.45, 7) is 4.17. The quantitative estimate of drug-likeness (QED) is 0.570. The third-order valence-corrected chi connectivity index (χ3v) is 5.03. The molecule has 1 aromatic heterocycles. The first-order valence-electron chi connectivity index (χ1n) is 9.02. The second kappa shape index (κ2) is 9.41. The maximum absolute atomic E-state index is 12.4. The van der Waals surface area contributed by atoms with Gasteiger partial charge in [-0.15, -0.1) is 10.2 Å². The minimum absolute atomic E-state index is 0.0406. The molecule has 0 spiro atoms. The number of ether oxygens (including phenoxy) is 1. The van der Waals surface area contributed by atoms with Gasteiger partial charge in [-0.05, 0) is 23.6 Å². The molecule has 0 saturated heterocycles. The Balaban J connectivity index is 1.61. The van der Waals surface area contributed by atoms with E-state index >= 15 is 0 Å². The van der Waals surface area contributed by atoms with Gasteiger partial charge in [0.25, 0.3) is 11.1 Å². The molecule has 3 rings (SSSR count). The molecule has 0 aliphatic rings. The molecular weight excluding hydrogens is 374 g/mol. The van der Waals surface area contributed by atoms with Gasteiger partial charge in [0.2, 0.25) is 5.91 Å². The first-order chi connectivity index (χ1) is 13.6. The van der Waals surface area contributed by atoms with E-state index in [4.69, 9.17) is 9.15 Å². The van der Waals surface area contributed by atoms with Gasteiger partial charge in [0.15, 0.2) is 0 Å². The van der Waals surface area contributed by atoms with Crippen LogP contribution in [-0.4, -0.2) is 29.0 Å². The highest BCUT2D eigenvalue weighted by Crippen LogP contribution is 2.30. The van der Waals surface area contributed by atoms with Crippen LogP contribution in [0.25, 0.3) is 11.5 Å². The molecular formula is C21H23N3O3S. The van der Waals surface area contributed by atoms with Gasteiger partial charge in [-0.25, -0.2) is 0 Å². The minimum Gasteiger partial charge on any atom is -0.496 e. The van der Waals surface area contributed by atoms with Crippen LogP contribution in [0.2, 0.25) is 0 Å². The number of rotatable bonds is 8. The normalized spacial score (nSPS) is 12.0. The third kappa shape index (κ3) is 4.92. The smallest absolute Gasteiger partial charge is 0.277 e. The van der Waals surface area contributed by atoms with Gasteiger partial charge < -0.3 is 14.5 Å². The van der Waals surface area contributed by atoms with Gasteiger partial charge in [0.05, 0.1) is 24.5 Å². The van der Waals surface area contributed by atoms with Gasteiger partial charge >= 0.3 is 0 Å². The summed E-state index contributed by atoms with van der Waals surface area (Å²) < 4.78 is 11.0. The molecule has 0 fully saturated rings. The van der Waals surface area contributed by atoms with Gasteiger partial charge in [-0.2, -0.15) is 0 Å². The second-order valence-corrected chi connectivity index (χ2v) is 7.49. The maximum atomic E-state index is 12.4. The average molecular weight is 398 g/mol. The minimum atomic E-state index is -0.0791. The zero-order chi connectivity index (χ0) is 19.9. The van der Waals surface area contributed by atoms with Crippen molar-refractivity contribution in [3.8, 4) is 17.2 Å². The lowest BCUT2D eigenvalue weighted by atomic mass is 9.96. The topological polar surface area (TPSA) is 77.2 Å². The first-order valence-corrected chi connectivity index (χ1v) is 10.0. The van der Waals surface area contributed by atoms with Crippen LogP contribution in [0.4, 0.5) is 0 Å². The summed E-state index contributed by atoms with van der Waals surface area (Å²) in [6, 6.07) is 17.3. The number of para-hydroxylation sites is 1. The van der Waals surface area contributed by atoms with E-state index in [0.29, 0.717) is 16.9 Å². The van der Waals surface area contributed by atoms with Crippen LogP contribution in [0.1, 0.15) is 25.5 Å². The summed E-state index contributed by atoms with van der Waals surface area (Å²) in [5.74, 6) is 1.41. The van der Waals surface area contributed by atoms with Crippen LogP contribution >= 0.6 is 11.8 Å². The fourth-order valence-electron chi connectivity index (χ4n) is 2.84. The molecule has 3 aromatic rings. The summed E-state index contributed by atoms with van der Waals surface area (Å²) >= 11 is 1.21. The highest BCUT2D eigenvalue weighted by molar-refractivity contribution is 7.99. The molecule has 28 heavy (non-hydrogen) atoms. The van der Waals surface area contributed by atoms with Crippen molar-refractivity contribution in [3.63, 3.8) is 0 Å². The molecule has 2 aromatic carbocycles. The lowest BCUT2D eigenvalue weighted by Gasteiger charge is -2.22. The summed E-state index contributed by atoms with van der Waals surface area (Å²) in [4.78, 5) is 12.4. The van der Waals surface area contributed by atoms with Crippen LogP contribution in [0.5, 0.6) is 5.75 Å². The molecule has 1 N–H and O–H groups in total. The molecule has 0 aliphatic carbocycles. The lowest BCUT2D eigenvalue weighted by Crippen LogP contribution is -2.32. The van der Waals surface area contributed by atoms with Crippen molar-refractivity contribution in [2.45, 2.75) is 25.1 Å². The second-order valence-electron chi connectivity index (χ2n) is 6.56. The molecule has 0 bridgehead atoms. The van der Waals surface area contributed by atoms with E-state index in [-0.39, 0.29) is 23.6 Å². The number of hydrogen-bond acceptors (Lipinski definition) is 6. The summed E-state index contributed by atoms with van der Waals surface area (Å²) in [5, 5.41) is 11.5. The Morgan fingerprint density at radius 2 is 1.82 bits per heavy atom. The van der Waals surface area contributed by atoms with E-state index in [1.807, 2.05) is 54.6 Å². The monoisotopic (exact) mass is 397 g/mol. The molecule has 6 nitrogen and oxygen atoms in total. The van der Waals surface area contributed by atoms with Crippen molar-refractivity contribution in [1.29, 1.82) is 0 Å². The molecule has 0 saturated carbocycles. The molecule has 146 valence electrons. The predicted octanol–water partition coefficient (Wildman–Crippen LogP) is 4.35. The van der Waals surface area contributed by atoms with Crippen molar-refractivity contribution in [1.82, 2.24) is 15.5 Å². The van der Waals surface area contributed by atoms with Gasteiger partial charge in [0.1, 0.15) is 5.75 Å². The molecule has 0 radical (unpaired) electrons. The summed E-state index contributed by atoms with van der Waals surface area (Å²) in [7, 11) is 1.59.